The number of hydrogen-bond acceptors (Lipinski definition) is 3. The van der Waals surface area contributed by atoms with Gasteiger partial charge in [-0.3, -0.25) is 0 Å². The van der Waals surface area contributed by atoms with E-state index in [1.165, 1.54) is 11.3 Å². The number of rotatable bonds is 0. The molecule has 0 fully saturated rings. The van der Waals surface area contributed by atoms with Crippen LogP contribution in [-0.4, -0.2) is 7.85 Å². The molecule has 0 N–H and O–H groups in total. The smallest absolute Gasteiger partial charge is 0.372 e. The molecular formula is C7HBBrFO2S. The summed E-state index contributed by atoms with van der Waals surface area (Å²) < 4.78 is 18.5. The van der Waals surface area contributed by atoms with Gasteiger partial charge in [0.05, 0.1) is 3.79 Å². The highest BCUT2D eigenvalue weighted by atomic mass is 79.9. The third kappa shape index (κ3) is 1.34. The first-order chi connectivity index (χ1) is 6.09. The van der Waals surface area contributed by atoms with Crippen molar-refractivity contribution in [1.29, 1.82) is 0 Å². The molecule has 0 spiro atoms. The van der Waals surface area contributed by atoms with Gasteiger partial charge in [-0.15, -0.1) is 11.3 Å². The van der Waals surface area contributed by atoms with Crippen LogP contribution in [0.1, 0.15) is 0 Å². The summed E-state index contributed by atoms with van der Waals surface area (Å²) in [5.41, 5.74) is -0.757. The molecule has 0 bridgehead atoms. The third-order valence-corrected chi connectivity index (χ3v) is 3.26. The standard InChI is InChI=1S/C7HBBrFO2S/c8-5-4-2(6(9)13-5)1-3(10)7(11)12-4/h1H. The summed E-state index contributed by atoms with van der Waals surface area (Å²) >= 11 is 4.38. The zero-order chi connectivity index (χ0) is 9.59. The Morgan fingerprint density at radius 3 is 3.00 bits per heavy atom. The molecule has 0 saturated heterocycles. The van der Waals surface area contributed by atoms with E-state index in [-0.39, 0.29) is 5.58 Å². The van der Waals surface area contributed by atoms with Crippen LogP contribution in [0.25, 0.3) is 11.0 Å². The van der Waals surface area contributed by atoms with Crippen LogP contribution in [0.3, 0.4) is 0 Å². The lowest BCUT2D eigenvalue weighted by Crippen LogP contribution is -2.06. The number of halogens is 2. The lowest BCUT2D eigenvalue weighted by Gasteiger charge is -1.90. The van der Waals surface area contributed by atoms with Gasteiger partial charge in [0.1, 0.15) is 13.4 Å². The predicted octanol–water partition coefficient (Wildman–Crippen LogP) is 1.55. The van der Waals surface area contributed by atoms with Crippen LogP contribution in [0.2, 0.25) is 0 Å². The maximum absolute atomic E-state index is 12.8. The van der Waals surface area contributed by atoms with Crippen molar-refractivity contribution < 1.29 is 8.81 Å². The second kappa shape index (κ2) is 2.95. The Morgan fingerprint density at radius 2 is 2.31 bits per heavy atom. The first kappa shape index (κ1) is 8.96. The van der Waals surface area contributed by atoms with Crippen molar-refractivity contribution in [2.75, 3.05) is 0 Å². The molecular weight excluding hydrogens is 258 g/mol. The van der Waals surface area contributed by atoms with Crippen LogP contribution >= 0.6 is 27.3 Å². The summed E-state index contributed by atoms with van der Waals surface area (Å²) in [5, 5.41) is 0.486. The topological polar surface area (TPSA) is 30.2 Å². The first-order valence-electron chi connectivity index (χ1n) is 3.26. The van der Waals surface area contributed by atoms with E-state index in [2.05, 4.69) is 20.3 Å². The summed E-state index contributed by atoms with van der Waals surface area (Å²) in [7, 11) is 5.53. The molecule has 0 aromatic carbocycles. The maximum atomic E-state index is 12.8. The molecule has 6 heteroatoms. The zero-order valence-electron chi connectivity index (χ0n) is 6.14. The molecule has 2 rings (SSSR count). The van der Waals surface area contributed by atoms with Crippen molar-refractivity contribution in [3.05, 3.63) is 26.1 Å². The average Bonchev–Trinajstić information content (AvgIpc) is 2.31. The highest BCUT2D eigenvalue weighted by Crippen LogP contribution is 2.27. The lowest BCUT2D eigenvalue weighted by molar-refractivity contribution is 0.489. The van der Waals surface area contributed by atoms with E-state index in [1.807, 2.05) is 0 Å². The van der Waals surface area contributed by atoms with Crippen LogP contribution in [0.5, 0.6) is 0 Å². The molecule has 0 aliphatic rings. The minimum absolute atomic E-state index is 0.239. The fourth-order valence-electron chi connectivity index (χ4n) is 0.975. The van der Waals surface area contributed by atoms with Gasteiger partial charge < -0.3 is 4.42 Å². The second-order valence-electron chi connectivity index (χ2n) is 2.36. The maximum Gasteiger partial charge on any atom is 0.372 e. The summed E-state index contributed by atoms with van der Waals surface area (Å²) in [6, 6.07) is 1.11. The van der Waals surface area contributed by atoms with E-state index in [9.17, 15) is 9.18 Å². The van der Waals surface area contributed by atoms with Crippen LogP contribution in [0.15, 0.2) is 19.1 Å². The number of fused-ring (bicyclic) bond motifs is 1. The SMILES string of the molecule is [B]c1sc(Br)c2cc(F)c(=O)oc12. The van der Waals surface area contributed by atoms with Crippen molar-refractivity contribution >= 4 is 50.9 Å². The van der Waals surface area contributed by atoms with Gasteiger partial charge in [-0.1, -0.05) is 0 Å². The molecule has 0 unspecified atom stereocenters. The van der Waals surface area contributed by atoms with Crippen molar-refractivity contribution in [3.8, 4) is 0 Å². The van der Waals surface area contributed by atoms with E-state index in [0.29, 0.717) is 13.9 Å². The van der Waals surface area contributed by atoms with E-state index in [1.54, 1.807) is 0 Å². The van der Waals surface area contributed by atoms with E-state index < -0.39 is 11.4 Å². The van der Waals surface area contributed by atoms with Gasteiger partial charge >= 0.3 is 5.63 Å². The predicted molar refractivity (Wildman–Crippen MR) is 53.4 cm³/mol. The minimum atomic E-state index is -0.996. The van der Waals surface area contributed by atoms with Crippen LogP contribution in [-0.2, 0) is 0 Å². The van der Waals surface area contributed by atoms with Crippen molar-refractivity contribution in [2.24, 2.45) is 0 Å². The number of hydrogen-bond donors (Lipinski definition) is 0. The minimum Gasteiger partial charge on any atom is -0.420 e. The molecule has 13 heavy (non-hydrogen) atoms. The van der Waals surface area contributed by atoms with E-state index in [4.69, 9.17) is 7.85 Å². The van der Waals surface area contributed by atoms with E-state index >= 15 is 0 Å². The van der Waals surface area contributed by atoms with Gasteiger partial charge in [-0.25, -0.2) is 4.79 Å². The molecule has 0 aliphatic carbocycles. The monoisotopic (exact) mass is 258 g/mol. The molecule has 0 saturated carbocycles. The first-order valence-corrected chi connectivity index (χ1v) is 4.87. The average molecular weight is 259 g/mol. The molecule has 0 aliphatic heterocycles. The van der Waals surface area contributed by atoms with Crippen LogP contribution in [0.4, 0.5) is 4.39 Å². The zero-order valence-corrected chi connectivity index (χ0v) is 8.54. The summed E-state index contributed by atoms with van der Waals surface area (Å²) in [6.45, 7) is 0. The Balaban J connectivity index is 3.00. The molecule has 0 amide bonds. The Bertz CT molecular complexity index is 533. The van der Waals surface area contributed by atoms with Gasteiger partial charge in [0.2, 0.25) is 5.82 Å². The number of thiophene rings is 1. The summed E-state index contributed by atoms with van der Waals surface area (Å²) in [5.74, 6) is -0.911. The summed E-state index contributed by atoms with van der Waals surface area (Å²) in [4.78, 5) is 10.8. The highest BCUT2D eigenvalue weighted by molar-refractivity contribution is 9.11. The molecule has 2 nitrogen and oxygen atoms in total. The largest absolute Gasteiger partial charge is 0.420 e. The molecule has 64 valence electrons. The Kier molecular flexibility index (Phi) is 2.04. The normalized spacial score (nSPS) is 10.9. The fourth-order valence-corrected chi connectivity index (χ4v) is 2.49. The van der Waals surface area contributed by atoms with Crippen molar-refractivity contribution in [1.82, 2.24) is 0 Å². The molecule has 2 heterocycles. The molecule has 2 aromatic rings. The molecule has 2 radical (unpaired) electrons. The van der Waals surface area contributed by atoms with Gasteiger partial charge in [-0.05, 0) is 26.8 Å². The van der Waals surface area contributed by atoms with Crippen molar-refractivity contribution in [3.63, 3.8) is 0 Å². The summed E-state index contributed by atoms with van der Waals surface area (Å²) in [6.07, 6.45) is 0. The highest BCUT2D eigenvalue weighted by Gasteiger charge is 2.11. The van der Waals surface area contributed by atoms with E-state index in [0.717, 1.165) is 6.07 Å². The Morgan fingerprint density at radius 1 is 1.62 bits per heavy atom. The Hall–Kier alpha value is -0.615. The molecule has 2 aromatic heterocycles. The van der Waals surface area contributed by atoms with Crippen LogP contribution < -0.4 is 10.4 Å². The Labute approximate surface area is 85.9 Å². The van der Waals surface area contributed by atoms with Crippen molar-refractivity contribution in [2.45, 2.75) is 0 Å². The van der Waals surface area contributed by atoms with Gasteiger partial charge in [0.15, 0.2) is 0 Å². The van der Waals surface area contributed by atoms with Gasteiger partial charge in [-0.2, -0.15) is 4.39 Å². The second-order valence-corrected chi connectivity index (χ2v) is 4.73. The van der Waals surface area contributed by atoms with Gasteiger partial charge in [0, 0.05) is 5.39 Å². The third-order valence-electron chi connectivity index (χ3n) is 1.54. The fraction of sp³-hybridized carbons (Fsp3) is 0. The quantitative estimate of drug-likeness (QED) is 0.672. The van der Waals surface area contributed by atoms with Gasteiger partial charge in [0.25, 0.3) is 0 Å². The molecule has 0 atom stereocenters. The lowest BCUT2D eigenvalue weighted by atomic mass is 10.1. The van der Waals surface area contributed by atoms with Crippen LogP contribution in [0, 0.1) is 5.82 Å².